The van der Waals surface area contributed by atoms with Crippen LogP contribution in [0.2, 0.25) is 0 Å². The van der Waals surface area contributed by atoms with Gasteiger partial charge in [0.1, 0.15) is 31.0 Å². The maximum absolute atomic E-state index is 11.7. The van der Waals surface area contributed by atoms with Gasteiger partial charge in [-0.15, -0.1) is 0 Å². The minimum absolute atomic E-state index is 0.0346. The van der Waals surface area contributed by atoms with Gasteiger partial charge in [-0.1, -0.05) is 0 Å². The Morgan fingerprint density at radius 1 is 1.09 bits per heavy atom. The van der Waals surface area contributed by atoms with Crippen LogP contribution >= 0.6 is 0 Å². The zero-order valence-electron chi connectivity index (χ0n) is 17.2. The minimum atomic E-state index is -1.50. The third-order valence-corrected chi connectivity index (χ3v) is 5.27. The fourth-order valence-electron chi connectivity index (χ4n) is 3.48. The standard InChI is InChI=1S/C22H24O10/c1-11(10-30-22-18(27)17(26)16(25)14(9-23)31-22)4-6-29-21-19-13(5-7-28-19)8-12-2-3-15(24)32-20(12)21/h2-5,7-8,14,16-18,22-23,25-27H,6,9-10H2,1H3/t14-,16-,17+,18-,22-/m1/s1. The maximum atomic E-state index is 11.7. The second-order valence-corrected chi connectivity index (χ2v) is 7.59. The molecule has 0 amide bonds. The first-order valence-corrected chi connectivity index (χ1v) is 10.0. The Bertz CT molecular complexity index is 1160. The summed E-state index contributed by atoms with van der Waals surface area (Å²) in [5.41, 5.74) is 0.950. The van der Waals surface area contributed by atoms with Crippen LogP contribution < -0.4 is 10.4 Å². The molecule has 10 heteroatoms. The molecule has 2 aromatic heterocycles. The molecule has 3 heterocycles. The maximum Gasteiger partial charge on any atom is 0.336 e. The largest absolute Gasteiger partial charge is 0.482 e. The molecule has 0 unspecified atom stereocenters. The van der Waals surface area contributed by atoms with E-state index in [1.165, 1.54) is 12.3 Å². The van der Waals surface area contributed by atoms with E-state index in [0.29, 0.717) is 16.7 Å². The van der Waals surface area contributed by atoms with Crippen LogP contribution in [0.3, 0.4) is 0 Å². The van der Waals surface area contributed by atoms with Gasteiger partial charge in [-0.3, -0.25) is 0 Å². The van der Waals surface area contributed by atoms with Crippen molar-refractivity contribution in [1.29, 1.82) is 0 Å². The molecule has 0 radical (unpaired) electrons. The Morgan fingerprint density at radius 2 is 1.88 bits per heavy atom. The number of hydrogen-bond donors (Lipinski definition) is 4. The van der Waals surface area contributed by atoms with Gasteiger partial charge in [0, 0.05) is 16.8 Å². The van der Waals surface area contributed by atoms with Crippen LogP contribution in [0.25, 0.3) is 21.9 Å². The summed E-state index contributed by atoms with van der Waals surface area (Å²) in [6.07, 6.45) is -3.44. The SMILES string of the molecule is CC(=CCOc1c2occc2cc2ccc(=O)oc12)CO[C@@H]1O[C@H](CO)[C@@H](O)[C@H](O)[C@H]1O. The highest BCUT2D eigenvalue weighted by Crippen LogP contribution is 2.35. The molecule has 4 rings (SSSR count). The van der Waals surface area contributed by atoms with Gasteiger partial charge < -0.3 is 43.5 Å². The van der Waals surface area contributed by atoms with Crippen molar-refractivity contribution in [2.24, 2.45) is 0 Å². The lowest BCUT2D eigenvalue weighted by Gasteiger charge is -2.39. The van der Waals surface area contributed by atoms with E-state index in [4.69, 9.17) is 23.0 Å². The quantitative estimate of drug-likeness (QED) is 0.300. The zero-order chi connectivity index (χ0) is 22.8. The van der Waals surface area contributed by atoms with E-state index in [0.717, 1.165) is 11.0 Å². The summed E-state index contributed by atoms with van der Waals surface area (Å²) >= 11 is 0. The molecule has 1 saturated heterocycles. The number of fused-ring (bicyclic) bond motifs is 2. The van der Waals surface area contributed by atoms with Crippen molar-refractivity contribution in [3.05, 3.63) is 52.6 Å². The van der Waals surface area contributed by atoms with Crippen LogP contribution in [-0.4, -0.2) is 71.0 Å². The van der Waals surface area contributed by atoms with Crippen molar-refractivity contribution >= 4 is 21.9 Å². The minimum Gasteiger partial charge on any atom is -0.482 e. The first-order chi connectivity index (χ1) is 15.4. The lowest BCUT2D eigenvalue weighted by atomic mass is 9.99. The van der Waals surface area contributed by atoms with E-state index in [9.17, 15) is 25.2 Å². The predicted molar refractivity (Wildman–Crippen MR) is 111 cm³/mol. The van der Waals surface area contributed by atoms with Gasteiger partial charge in [0.05, 0.1) is 19.5 Å². The third-order valence-electron chi connectivity index (χ3n) is 5.27. The second-order valence-electron chi connectivity index (χ2n) is 7.59. The second kappa shape index (κ2) is 9.41. The van der Waals surface area contributed by atoms with Crippen LogP contribution in [-0.2, 0) is 9.47 Å². The summed E-state index contributed by atoms with van der Waals surface area (Å²) in [7, 11) is 0. The van der Waals surface area contributed by atoms with Crippen LogP contribution in [0, 0.1) is 0 Å². The summed E-state index contributed by atoms with van der Waals surface area (Å²) in [6, 6.07) is 6.59. The van der Waals surface area contributed by atoms with Gasteiger partial charge in [0.15, 0.2) is 17.5 Å². The summed E-state index contributed by atoms with van der Waals surface area (Å²) in [5.74, 6) is 0.305. The summed E-state index contributed by atoms with van der Waals surface area (Å²) < 4.78 is 27.5. The summed E-state index contributed by atoms with van der Waals surface area (Å²) in [4.78, 5) is 11.7. The Morgan fingerprint density at radius 3 is 2.66 bits per heavy atom. The van der Waals surface area contributed by atoms with Crippen molar-refractivity contribution in [3.8, 4) is 5.75 Å². The molecule has 1 aliphatic rings. The van der Waals surface area contributed by atoms with Gasteiger partial charge in [-0.25, -0.2) is 4.79 Å². The number of furan rings is 1. The van der Waals surface area contributed by atoms with Gasteiger partial charge in [0.25, 0.3) is 0 Å². The van der Waals surface area contributed by atoms with Crippen molar-refractivity contribution in [1.82, 2.24) is 0 Å². The molecule has 172 valence electrons. The average molecular weight is 448 g/mol. The number of ether oxygens (including phenoxy) is 3. The summed E-state index contributed by atoms with van der Waals surface area (Å²) in [6.45, 7) is 1.37. The molecule has 0 spiro atoms. The van der Waals surface area contributed by atoms with Crippen LogP contribution in [0.1, 0.15) is 6.92 Å². The van der Waals surface area contributed by atoms with Gasteiger partial charge in [-0.2, -0.15) is 0 Å². The molecule has 1 aromatic carbocycles. The van der Waals surface area contributed by atoms with E-state index < -0.39 is 42.9 Å². The smallest absolute Gasteiger partial charge is 0.336 e. The van der Waals surface area contributed by atoms with Crippen molar-refractivity contribution in [2.75, 3.05) is 19.8 Å². The molecule has 4 N–H and O–H groups in total. The first-order valence-electron chi connectivity index (χ1n) is 10.0. The van der Waals surface area contributed by atoms with Gasteiger partial charge >= 0.3 is 5.63 Å². The number of hydrogen-bond acceptors (Lipinski definition) is 10. The highest BCUT2D eigenvalue weighted by Gasteiger charge is 2.43. The lowest BCUT2D eigenvalue weighted by Crippen LogP contribution is -2.59. The first kappa shape index (κ1) is 22.5. The van der Waals surface area contributed by atoms with E-state index >= 15 is 0 Å². The summed E-state index contributed by atoms with van der Waals surface area (Å²) in [5, 5.41) is 40.4. The molecule has 0 bridgehead atoms. The van der Waals surface area contributed by atoms with Crippen molar-refractivity contribution in [3.63, 3.8) is 0 Å². The fourth-order valence-corrected chi connectivity index (χ4v) is 3.48. The van der Waals surface area contributed by atoms with E-state index in [1.807, 2.05) is 6.07 Å². The predicted octanol–water partition coefficient (Wildman–Crippen LogP) is 0.681. The van der Waals surface area contributed by atoms with Crippen molar-refractivity contribution < 1.29 is 43.5 Å². The average Bonchev–Trinajstić information content (AvgIpc) is 3.25. The molecule has 1 fully saturated rings. The number of aliphatic hydroxyl groups is 4. The molecule has 10 nitrogen and oxygen atoms in total. The molecular formula is C22H24O10. The Kier molecular flexibility index (Phi) is 6.60. The number of benzene rings is 1. The number of aliphatic hydroxyl groups excluding tert-OH is 4. The Hall–Kier alpha value is -2.73. The van der Waals surface area contributed by atoms with Gasteiger partial charge in [0.2, 0.25) is 5.75 Å². The molecule has 32 heavy (non-hydrogen) atoms. The molecule has 3 aromatic rings. The van der Waals surface area contributed by atoms with E-state index in [1.54, 1.807) is 25.1 Å². The Balaban J connectivity index is 1.43. The Labute approximate surface area is 181 Å². The molecular weight excluding hydrogens is 424 g/mol. The van der Waals surface area contributed by atoms with Crippen molar-refractivity contribution in [2.45, 2.75) is 37.6 Å². The molecule has 5 atom stereocenters. The van der Waals surface area contributed by atoms with Gasteiger partial charge in [-0.05, 0) is 36.8 Å². The normalized spacial score (nSPS) is 26.7. The number of rotatable bonds is 7. The van der Waals surface area contributed by atoms with E-state index in [2.05, 4.69) is 0 Å². The molecule has 0 aliphatic carbocycles. The topological polar surface area (TPSA) is 152 Å². The zero-order valence-corrected chi connectivity index (χ0v) is 17.2. The van der Waals surface area contributed by atoms with E-state index in [-0.39, 0.29) is 18.8 Å². The van der Waals surface area contributed by atoms with Crippen LogP contribution in [0.15, 0.2) is 55.8 Å². The third kappa shape index (κ3) is 4.42. The van der Waals surface area contributed by atoms with Crippen LogP contribution in [0.5, 0.6) is 5.75 Å². The highest BCUT2D eigenvalue weighted by molar-refractivity contribution is 5.99. The monoisotopic (exact) mass is 448 g/mol. The lowest BCUT2D eigenvalue weighted by molar-refractivity contribution is -0.299. The van der Waals surface area contributed by atoms with Crippen LogP contribution in [0.4, 0.5) is 0 Å². The highest BCUT2D eigenvalue weighted by atomic mass is 16.7. The fraction of sp³-hybridized carbons (Fsp3) is 0.409. The molecule has 0 saturated carbocycles. The molecule has 1 aliphatic heterocycles.